The highest BCUT2D eigenvalue weighted by Crippen LogP contribution is 1.86. The first-order valence-electron chi connectivity index (χ1n) is 2.34. The SMILES string of the molecule is [B]NC(C)CC(=O)O. The van der Waals surface area contributed by atoms with Gasteiger partial charge in [-0.2, -0.15) is 0 Å². The van der Waals surface area contributed by atoms with E-state index in [0.29, 0.717) is 0 Å². The zero-order valence-corrected chi connectivity index (χ0v) is 4.72. The fourth-order valence-electron chi connectivity index (χ4n) is 0.321. The van der Waals surface area contributed by atoms with E-state index in [4.69, 9.17) is 13.1 Å². The van der Waals surface area contributed by atoms with Crippen molar-refractivity contribution < 1.29 is 9.90 Å². The largest absolute Gasteiger partial charge is 0.481 e. The molecule has 1 unspecified atom stereocenters. The Hall–Kier alpha value is -0.505. The lowest BCUT2D eigenvalue weighted by atomic mass is 10.2. The topological polar surface area (TPSA) is 49.3 Å². The molecule has 0 heterocycles. The lowest BCUT2D eigenvalue weighted by Gasteiger charge is -2.04. The van der Waals surface area contributed by atoms with E-state index in [2.05, 4.69) is 5.23 Å². The van der Waals surface area contributed by atoms with Crippen LogP contribution in [0.25, 0.3) is 0 Å². The summed E-state index contributed by atoms with van der Waals surface area (Å²) in [5.74, 6) is -0.838. The van der Waals surface area contributed by atoms with Crippen molar-refractivity contribution in [2.45, 2.75) is 19.4 Å². The molecule has 4 heteroatoms. The van der Waals surface area contributed by atoms with Gasteiger partial charge >= 0.3 is 5.97 Å². The first-order chi connectivity index (χ1) is 3.66. The summed E-state index contributed by atoms with van der Waals surface area (Å²) in [4.78, 5) is 9.87. The molecule has 2 radical (unpaired) electrons. The van der Waals surface area contributed by atoms with E-state index in [1.54, 1.807) is 6.92 Å². The molecule has 0 aromatic rings. The van der Waals surface area contributed by atoms with Crippen molar-refractivity contribution in [2.24, 2.45) is 0 Å². The van der Waals surface area contributed by atoms with Crippen molar-refractivity contribution in [3.8, 4) is 0 Å². The van der Waals surface area contributed by atoms with Crippen molar-refractivity contribution in [3.05, 3.63) is 0 Å². The second kappa shape index (κ2) is 3.49. The molecule has 0 aromatic carbocycles. The lowest BCUT2D eigenvalue weighted by molar-refractivity contribution is -0.137. The van der Waals surface area contributed by atoms with Crippen LogP contribution in [0.4, 0.5) is 0 Å². The molecule has 44 valence electrons. The fraction of sp³-hybridized carbons (Fsp3) is 0.750. The number of nitrogens with one attached hydrogen (secondary N) is 1. The molecule has 1 atom stereocenters. The normalized spacial score (nSPS) is 13.1. The lowest BCUT2D eigenvalue weighted by Crippen LogP contribution is -2.25. The van der Waals surface area contributed by atoms with E-state index in [1.165, 1.54) is 0 Å². The Morgan fingerprint density at radius 2 is 2.50 bits per heavy atom. The molecule has 0 aliphatic carbocycles. The summed E-state index contributed by atoms with van der Waals surface area (Å²) in [7, 11) is 4.91. The number of carboxylic acid groups (broad SMARTS) is 1. The Morgan fingerprint density at radius 3 is 2.62 bits per heavy atom. The van der Waals surface area contributed by atoms with E-state index in [1.807, 2.05) is 0 Å². The Bertz CT molecular complexity index is 86.1. The summed E-state index contributed by atoms with van der Waals surface area (Å²) < 4.78 is 0. The predicted octanol–water partition coefficient (Wildman–Crippen LogP) is -0.477. The Labute approximate surface area is 49.5 Å². The van der Waals surface area contributed by atoms with Gasteiger partial charge in [-0.25, -0.2) is 0 Å². The standard InChI is InChI=1S/C4H8BNO2/c1-3(6-5)2-4(7)8/h3,6H,2H2,1H3,(H,7,8). The van der Waals surface area contributed by atoms with Gasteiger partial charge in [-0.3, -0.25) is 4.79 Å². The third-order valence-corrected chi connectivity index (χ3v) is 0.765. The molecule has 0 saturated heterocycles. The summed E-state index contributed by atoms with van der Waals surface area (Å²) in [6.45, 7) is 1.70. The van der Waals surface area contributed by atoms with Crippen molar-refractivity contribution in [1.29, 1.82) is 0 Å². The van der Waals surface area contributed by atoms with E-state index >= 15 is 0 Å². The van der Waals surface area contributed by atoms with Crippen LogP contribution >= 0.6 is 0 Å². The van der Waals surface area contributed by atoms with Gasteiger partial charge in [-0.1, -0.05) is 6.92 Å². The van der Waals surface area contributed by atoms with E-state index in [0.717, 1.165) is 0 Å². The van der Waals surface area contributed by atoms with Crippen LogP contribution < -0.4 is 5.23 Å². The van der Waals surface area contributed by atoms with Crippen molar-refractivity contribution in [2.75, 3.05) is 0 Å². The molecule has 0 aliphatic heterocycles. The smallest absolute Gasteiger partial charge is 0.304 e. The van der Waals surface area contributed by atoms with Gasteiger partial charge in [-0.15, -0.1) is 0 Å². The van der Waals surface area contributed by atoms with Crippen LogP contribution in [0.1, 0.15) is 13.3 Å². The average Bonchev–Trinajstić information content (AvgIpc) is 1.65. The maximum atomic E-state index is 9.87. The van der Waals surface area contributed by atoms with Crippen LogP contribution in [0.5, 0.6) is 0 Å². The van der Waals surface area contributed by atoms with Gasteiger partial charge in [0.1, 0.15) is 0 Å². The maximum absolute atomic E-state index is 9.87. The Morgan fingerprint density at radius 1 is 2.00 bits per heavy atom. The van der Waals surface area contributed by atoms with Crippen LogP contribution in [0.2, 0.25) is 0 Å². The molecule has 0 saturated carbocycles. The Balaban J connectivity index is 3.24. The van der Waals surface area contributed by atoms with Gasteiger partial charge in [0.15, 0.2) is 7.98 Å². The van der Waals surface area contributed by atoms with Crippen LogP contribution in [0, 0.1) is 0 Å². The van der Waals surface area contributed by atoms with Crippen LogP contribution in [-0.2, 0) is 4.79 Å². The zero-order valence-electron chi connectivity index (χ0n) is 4.72. The molecule has 0 amide bonds. The minimum Gasteiger partial charge on any atom is -0.481 e. The van der Waals surface area contributed by atoms with Gasteiger partial charge < -0.3 is 10.3 Å². The number of rotatable bonds is 3. The van der Waals surface area contributed by atoms with Crippen LogP contribution in [0.15, 0.2) is 0 Å². The molecule has 0 aliphatic rings. The van der Waals surface area contributed by atoms with Gasteiger partial charge in [0, 0.05) is 6.04 Å². The molecular formula is C4H8BNO2. The molecule has 3 nitrogen and oxygen atoms in total. The number of hydrogen-bond acceptors (Lipinski definition) is 2. The second-order valence-corrected chi connectivity index (χ2v) is 1.67. The summed E-state index contributed by atoms with van der Waals surface area (Å²) >= 11 is 0. The molecule has 8 heavy (non-hydrogen) atoms. The summed E-state index contributed by atoms with van der Waals surface area (Å²) in [6, 6.07) is -0.146. The molecule has 0 bridgehead atoms. The highest BCUT2D eigenvalue weighted by molar-refractivity contribution is 6.04. The van der Waals surface area contributed by atoms with Gasteiger partial charge in [-0.05, 0) is 0 Å². The van der Waals surface area contributed by atoms with Crippen LogP contribution in [0.3, 0.4) is 0 Å². The number of aliphatic carboxylic acids is 1. The monoisotopic (exact) mass is 113 g/mol. The number of hydrogen-bond donors (Lipinski definition) is 2. The summed E-state index contributed by atoms with van der Waals surface area (Å²) in [5.41, 5.74) is 0. The fourth-order valence-corrected chi connectivity index (χ4v) is 0.321. The highest BCUT2D eigenvalue weighted by atomic mass is 16.4. The minimum atomic E-state index is -0.838. The predicted molar refractivity (Wildman–Crippen MR) is 30.6 cm³/mol. The van der Waals surface area contributed by atoms with Crippen molar-refractivity contribution in [3.63, 3.8) is 0 Å². The van der Waals surface area contributed by atoms with E-state index in [9.17, 15) is 4.79 Å². The summed E-state index contributed by atoms with van der Waals surface area (Å²) in [5, 5.41) is 10.4. The maximum Gasteiger partial charge on any atom is 0.304 e. The molecule has 0 spiro atoms. The molecule has 2 N–H and O–H groups in total. The second-order valence-electron chi connectivity index (χ2n) is 1.67. The summed E-state index contributed by atoms with van der Waals surface area (Å²) in [6.07, 6.45) is 0.0660. The minimum absolute atomic E-state index is 0.0660. The highest BCUT2D eigenvalue weighted by Gasteiger charge is 2.01. The van der Waals surface area contributed by atoms with E-state index in [-0.39, 0.29) is 12.5 Å². The molecule has 0 fully saturated rings. The van der Waals surface area contributed by atoms with Crippen LogP contribution in [-0.4, -0.2) is 25.1 Å². The Kier molecular flexibility index (Phi) is 3.27. The van der Waals surface area contributed by atoms with Crippen molar-refractivity contribution >= 4 is 14.0 Å². The van der Waals surface area contributed by atoms with Gasteiger partial charge in [0.2, 0.25) is 0 Å². The zero-order chi connectivity index (χ0) is 6.57. The first kappa shape index (κ1) is 7.49. The third kappa shape index (κ3) is 3.68. The van der Waals surface area contributed by atoms with Gasteiger partial charge in [0.25, 0.3) is 0 Å². The first-order valence-corrected chi connectivity index (χ1v) is 2.34. The number of carboxylic acids is 1. The van der Waals surface area contributed by atoms with E-state index < -0.39 is 5.97 Å². The number of carbonyl (C=O) groups is 1. The van der Waals surface area contributed by atoms with Gasteiger partial charge in [0.05, 0.1) is 6.42 Å². The quantitative estimate of drug-likeness (QED) is 0.486. The molecule has 0 aromatic heterocycles. The third-order valence-electron chi connectivity index (χ3n) is 0.765. The molecule has 0 rings (SSSR count). The average molecular weight is 113 g/mol. The molecular weight excluding hydrogens is 105 g/mol. The van der Waals surface area contributed by atoms with Crippen molar-refractivity contribution in [1.82, 2.24) is 5.23 Å².